The number of nitrogens with zero attached hydrogens (tertiary/aromatic N) is 2. The highest BCUT2D eigenvalue weighted by atomic mass is 19.1. The van der Waals surface area contributed by atoms with Crippen molar-refractivity contribution >= 4 is 11.7 Å². The zero-order chi connectivity index (χ0) is 19.4. The Balaban J connectivity index is 1.63. The molecule has 1 aromatic heterocycles. The van der Waals surface area contributed by atoms with Crippen LogP contribution in [0.3, 0.4) is 0 Å². The molecule has 0 aliphatic rings. The molecule has 0 fully saturated rings. The van der Waals surface area contributed by atoms with Gasteiger partial charge in [0.15, 0.2) is 0 Å². The SMILES string of the molecule is Cc1cc(NC(=O)CCOc2cccc(C)c2C)n(-c2ccc(F)cc2)n1. The van der Waals surface area contributed by atoms with Crippen LogP contribution < -0.4 is 10.1 Å². The van der Waals surface area contributed by atoms with Gasteiger partial charge >= 0.3 is 0 Å². The van der Waals surface area contributed by atoms with Crippen LogP contribution in [-0.4, -0.2) is 22.3 Å². The number of aromatic nitrogens is 2. The van der Waals surface area contributed by atoms with Gasteiger partial charge in [-0.1, -0.05) is 12.1 Å². The zero-order valence-electron chi connectivity index (χ0n) is 15.6. The van der Waals surface area contributed by atoms with E-state index in [2.05, 4.69) is 10.4 Å². The Morgan fingerprint density at radius 3 is 2.63 bits per heavy atom. The van der Waals surface area contributed by atoms with Gasteiger partial charge in [0.1, 0.15) is 17.4 Å². The maximum absolute atomic E-state index is 13.1. The van der Waals surface area contributed by atoms with Gasteiger partial charge in [0.25, 0.3) is 0 Å². The van der Waals surface area contributed by atoms with Crippen LogP contribution in [0.15, 0.2) is 48.5 Å². The molecule has 1 amide bonds. The highest BCUT2D eigenvalue weighted by Gasteiger charge is 2.12. The van der Waals surface area contributed by atoms with Crippen LogP contribution in [0.1, 0.15) is 23.2 Å². The second kappa shape index (κ2) is 8.03. The molecule has 3 aromatic rings. The summed E-state index contributed by atoms with van der Waals surface area (Å²) in [6.45, 7) is 6.13. The number of amides is 1. The summed E-state index contributed by atoms with van der Waals surface area (Å²) in [5.74, 6) is 0.825. The molecule has 140 valence electrons. The van der Waals surface area contributed by atoms with Gasteiger partial charge in [0, 0.05) is 6.07 Å². The molecular formula is C21H22FN3O2. The van der Waals surface area contributed by atoms with Crippen LogP contribution in [0, 0.1) is 26.6 Å². The molecule has 0 bridgehead atoms. The second-order valence-corrected chi connectivity index (χ2v) is 6.40. The van der Waals surface area contributed by atoms with Crippen molar-refractivity contribution in [2.24, 2.45) is 0 Å². The molecule has 1 N–H and O–H groups in total. The van der Waals surface area contributed by atoms with E-state index in [4.69, 9.17) is 4.74 Å². The number of rotatable bonds is 6. The molecule has 1 heterocycles. The van der Waals surface area contributed by atoms with Crippen LogP contribution in [0.2, 0.25) is 0 Å². The lowest BCUT2D eigenvalue weighted by Gasteiger charge is -2.11. The summed E-state index contributed by atoms with van der Waals surface area (Å²) in [7, 11) is 0. The molecule has 0 atom stereocenters. The van der Waals surface area contributed by atoms with E-state index in [1.165, 1.54) is 12.1 Å². The van der Waals surface area contributed by atoms with Crippen molar-refractivity contribution in [2.75, 3.05) is 11.9 Å². The highest BCUT2D eigenvalue weighted by molar-refractivity contribution is 5.90. The number of ether oxygens (including phenoxy) is 1. The predicted octanol–water partition coefficient (Wildman–Crippen LogP) is 4.34. The first-order valence-electron chi connectivity index (χ1n) is 8.75. The van der Waals surface area contributed by atoms with Crippen molar-refractivity contribution in [2.45, 2.75) is 27.2 Å². The Bertz CT molecular complexity index is 949. The number of nitrogens with one attached hydrogen (secondary N) is 1. The number of anilines is 1. The summed E-state index contributed by atoms with van der Waals surface area (Å²) in [6, 6.07) is 13.6. The molecule has 0 saturated carbocycles. The summed E-state index contributed by atoms with van der Waals surface area (Å²) < 4.78 is 20.5. The standard InChI is InChI=1S/C21H22FN3O2/c1-14-5-4-6-19(16(14)3)27-12-11-21(26)23-20-13-15(2)24-25(20)18-9-7-17(22)8-10-18/h4-10,13H,11-12H2,1-3H3,(H,23,26). The van der Waals surface area contributed by atoms with Gasteiger partial charge in [-0.2, -0.15) is 5.10 Å². The highest BCUT2D eigenvalue weighted by Crippen LogP contribution is 2.21. The maximum Gasteiger partial charge on any atom is 0.228 e. The zero-order valence-corrected chi connectivity index (χ0v) is 15.6. The van der Waals surface area contributed by atoms with Gasteiger partial charge in [-0.3, -0.25) is 4.79 Å². The first-order valence-corrected chi connectivity index (χ1v) is 8.75. The number of halogens is 1. The van der Waals surface area contributed by atoms with Crippen molar-refractivity contribution in [3.63, 3.8) is 0 Å². The Hall–Kier alpha value is -3.15. The first kappa shape index (κ1) is 18.6. The Morgan fingerprint density at radius 2 is 1.89 bits per heavy atom. The van der Waals surface area contributed by atoms with E-state index in [0.717, 1.165) is 22.6 Å². The molecule has 0 unspecified atom stereocenters. The third-order valence-corrected chi connectivity index (χ3v) is 4.31. The number of carbonyl (C=O) groups excluding carboxylic acids is 1. The van der Waals surface area contributed by atoms with Crippen molar-refractivity contribution < 1.29 is 13.9 Å². The largest absolute Gasteiger partial charge is 0.493 e. The summed E-state index contributed by atoms with van der Waals surface area (Å²) in [5, 5.41) is 7.21. The molecule has 6 heteroatoms. The lowest BCUT2D eigenvalue weighted by atomic mass is 10.1. The molecule has 5 nitrogen and oxygen atoms in total. The molecule has 0 spiro atoms. The minimum atomic E-state index is -0.322. The Morgan fingerprint density at radius 1 is 1.15 bits per heavy atom. The number of carbonyl (C=O) groups is 1. The Kier molecular flexibility index (Phi) is 5.54. The molecule has 0 aliphatic heterocycles. The Labute approximate surface area is 157 Å². The molecule has 0 aliphatic carbocycles. The minimum Gasteiger partial charge on any atom is -0.493 e. The predicted molar refractivity (Wildman–Crippen MR) is 103 cm³/mol. The summed E-state index contributed by atoms with van der Waals surface area (Å²) >= 11 is 0. The average molecular weight is 367 g/mol. The molecule has 27 heavy (non-hydrogen) atoms. The van der Waals surface area contributed by atoms with Crippen LogP contribution >= 0.6 is 0 Å². The van der Waals surface area contributed by atoms with Crippen LogP contribution in [0.25, 0.3) is 5.69 Å². The molecule has 3 rings (SSSR count). The third-order valence-electron chi connectivity index (χ3n) is 4.31. The van der Waals surface area contributed by atoms with Gasteiger partial charge in [-0.15, -0.1) is 0 Å². The van der Waals surface area contributed by atoms with Gasteiger partial charge < -0.3 is 10.1 Å². The molecule has 2 aromatic carbocycles. The maximum atomic E-state index is 13.1. The monoisotopic (exact) mass is 367 g/mol. The fourth-order valence-electron chi connectivity index (χ4n) is 2.71. The minimum absolute atomic E-state index is 0.177. The molecule has 0 radical (unpaired) electrons. The first-order chi connectivity index (χ1) is 12.9. The average Bonchev–Trinajstić information content (AvgIpc) is 2.99. The second-order valence-electron chi connectivity index (χ2n) is 6.40. The van der Waals surface area contributed by atoms with Gasteiger partial charge in [-0.05, 0) is 62.2 Å². The van der Waals surface area contributed by atoms with Crippen molar-refractivity contribution in [3.8, 4) is 11.4 Å². The lowest BCUT2D eigenvalue weighted by Crippen LogP contribution is -2.17. The molecule has 0 saturated heterocycles. The van der Waals surface area contributed by atoms with Crippen molar-refractivity contribution in [1.82, 2.24) is 9.78 Å². The van der Waals surface area contributed by atoms with E-state index in [9.17, 15) is 9.18 Å². The number of benzene rings is 2. The van der Waals surface area contributed by atoms with Gasteiger partial charge in [0.2, 0.25) is 5.91 Å². The topological polar surface area (TPSA) is 56.1 Å². The van der Waals surface area contributed by atoms with E-state index in [-0.39, 0.29) is 24.8 Å². The third kappa shape index (κ3) is 4.53. The number of aryl methyl sites for hydroxylation is 2. The summed E-state index contributed by atoms with van der Waals surface area (Å²) in [5.41, 5.74) is 3.64. The fraction of sp³-hybridized carbons (Fsp3) is 0.238. The number of hydrogen-bond donors (Lipinski definition) is 1. The van der Waals surface area contributed by atoms with E-state index in [0.29, 0.717) is 11.5 Å². The van der Waals surface area contributed by atoms with Crippen LogP contribution in [0.5, 0.6) is 5.75 Å². The summed E-state index contributed by atoms with van der Waals surface area (Å²) in [4.78, 5) is 12.3. The van der Waals surface area contributed by atoms with E-state index in [1.807, 2.05) is 39.0 Å². The van der Waals surface area contributed by atoms with Gasteiger partial charge in [0.05, 0.1) is 24.4 Å². The van der Waals surface area contributed by atoms with Gasteiger partial charge in [-0.25, -0.2) is 9.07 Å². The fourth-order valence-corrected chi connectivity index (χ4v) is 2.71. The normalized spacial score (nSPS) is 10.7. The quantitative estimate of drug-likeness (QED) is 0.705. The smallest absolute Gasteiger partial charge is 0.228 e. The van der Waals surface area contributed by atoms with Crippen LogP contribution in [0.4, 0.5) is 10.2 Å². The number of hydrogen-bond acceptors (Lipinski definition) is 3. The lowest BCUT2D eigenvalue weighted by molar-refractivity contribution is -0.116. The van der Waals surface area contributed by atoms with Crippen molar-refractivity contribution in [1.29, 1.82) is 0 Å². The van der Waals surface area contributed by atoms with E-state index < -0.39 is 0 Å². The molecular weight excluding hydrogens is 345 g/mol. The van der Waals surface area contributed by atoms with E-state index >= 15 is 0 Å². The van der Waals surface area contributed by atoms with Crippen LogP contribution in [-0.2, 0) is 4.79 Å². The van der Waals surface area contributed by atoms with E-state index in [1.54, 1.807) is 22.9 Å². The summed E-state index contributed by atoms with van der Waals surface area (Å²) in [6.07, 6.45) is 0.209. The van der Waals surface area contributed by atoms with Crippen molar-refractivity contribution in [3.05, 3.63) is 71.2 Å².